The molecule has 2 rings (SSSR count). The zero-order valence-corrected chi connectivity index (χ0v) is 12.3. The van der Waals surface area contributed by atoms with E-state index in [9.17, 15) is 9.18 Å². The predicted octanol–water partition coefficient (Wildman–Crippen LogP) is 2.56. The summed E-state index contributed by atoms with van der Waals surface area (Å²) in [6.07, 6.45) is 1.72. The Labute approximate surface area is 123 Å². The molecule has 1 saturated heterocycles. The molecular weight excluding hydrogens is 275 g/mol. The van der Waals surface area contributed by atoms with Crippen LogP contribution >= 0.6 is 0 Å². The quantitative estimate of drug-likeness (QED) is 0.660. The van der Waals surface area contributed by atoms with Crippen molar-refractivity contribution < 1.29 is 18.7 Å². The molecule has 0 spiro atoms. The van der Waals surface area contributed by atoms with E-state index in [1.807, 2.05) is 6.92 Å². The highest BCUT2D eigenvalue weighted by molar-refractivity contribution is 5.96. The number of nitrogens with one attached hydrogen (secondary N) is 1. The number of ether oxygens (including phenoxy) is 2. The highest BCUT2D eigenvalue weighted by atomic mass is 19.1. The van der Waals surface area contributed by atoms with E-state index >= 15 is 0 Å². The van der Waals surface area contributed by atoms with Gasteiger partial charge in [0.15, 0.2) is 0 Å². The lowest BCUT2D eigenvalue weighted by Crippen LogP contribution is -2.32. The molecule has 2 atom stereocenters. The van der Waals surface area contributed by atoms with Gasteiger partial charge in [0.05, 0.1) is 24.0 Å². The van der Waals surface area contributed by atoms with E-state index in [2.05, 4.69) is 5.32 Å². The lowest BCUT2D eigenvalue weighted by atomic mass is 10.0. The molecule has 116 valence electrons. The number of rotatable bonds is 4. The lowest BCUT2D eigenvalue weighted by Gasteiger charge is -2.29. The van der Waals surface area contributed by atoms with Crippen molar-refractivity contribution in [1.82, 2.24) is 0 Å². The minimum atomic E-state index is -0.543. The van der Waals surface area contributed by atoms with Crippen LogP contribution < -0.4 is 11.1 Å². The van der Waals surface area contributed by atoms with Crippen LogP contribution in [0.15, 0.2) is 12.1 Å². The van der Waals surface area contributed by atoms with Crippen LogP contribution in [0.1, 0.15) is 37.0 Å². The van der Waals surface area contributed by atoms with Gasteiger partial charge in [-0.1, -0.05) is 0 Å². The number of carbonyl (C=O) groups excluding carboxylic acids is 1. The van der Waals surface area contributed by atoms with Crippen molar-refractivity contribution in [1.29, 1.82) is 0 Å². The average molecular weight is 296 g/mol. The van der Waals surface area contributed by atoms with Gasteiger partial charge in [0, 0.05) is 18.3 Å². The fourth-order valence-corrected chi connectivity index (χ4v) is 2.43. The molecule has 1 heterocycles. The minimum absolute atomic E-state index is 0.0804. The first kappa shape index (κ1) is 15.6. The third kappa shape index (κ3) is 3.85. The maximum Gasteiger partial charge on any atom is 0.340 e. The molecule has 0 aromatic heterocycles. The van der Waals surface area contributed by atoms with Crippen LogP contribution in [0.3, 0.4) is 0 Å². The molecule has 1 aromatic rings. The molecule has 0 amide bonds. The Morgan fingerprint density at radius 2 is 2.33 bits per heavy atom. The van der Waals surface area contributed by atoms with E-state index in [0.29, 0.717) is 6.61 Å². The van der Waals surface area contributed by atoms with Crippen LogP contribution in [-0.4, -0.2) is 31.3 Å². The Bertz CT molecular complexity index is 522. The molecule has 0 saturated carbocycles. The fraction of sp³-hybridized carbons (Fsp3) is 0.533. The lowest BCUT2D eigenvalue weighted by molar-refractivity contribution is 0.0231. The molecule has 2 unspecified atom stereocenters. The number of benzene rings is 1. The SMILES string of the molecule is CCOC(=O)c1cc(NC2CCOC(C)C2)c(F)cc1N. The molecule has 1 aliphatic rings. The highest BCUT2D eigenvalue weighted by Gasteiger charge is 2.22. The summed E-state index contributed by atoms with van der Waals surface area (Å²) in [7, 11) is 0. The van der Waals surface area contributed by atoms with E-state index in [1.54, 1.807) is 6.92 Å². The van der Waals surface area contributed by atoms with Gasteiger partial charge in [-0.2, -0.15) is 0 Å². The summed E-state index contributed by atoms with van der Waals surface area (Å²) in [4.78, 5) is 11.8. The third-order valence-electron chi connectivity index (χ3n) is 3.48. The first-order valence-electron chi connectivity index (χ1n) is 7.15. The van der Waals surface area contributed by atoms with Gasteiger partial charge in [-0.05, 0) is 38.8 Å². The van der Waals surface area contributed by atoms with Gasteiger partial charge in [-0.3, -0.25) is 0 Å². The summed E-state index contributed by atoms with van der Waals surface area (Å²) in [5.41, 5.74) is 6.22. The Balaban J connectivity index is 2.18. The van der Waals surface area contributed by atoms with Crippen LogP contribution in [0.25, 0.3) is 0 Å². The number of nitrogen functional groups attached to an aromatic ring is 1. The summed E-state index contributed by atoms with van der Waals surface area (Å²) in [5, 5.41) is 3.13. The Morgan fingerprint density at radius 1 is 1.57 bits per heavy atom. The molecule has 6 heteroatoms. The summed E-state index contributed by atoms with van der Waals surface area (Å²) in [6, 6.07) is 2.68. The normalized spacial score (nSPS) is 21.9. The van der Waals surface area contributed by atoms with Crippen LogP contribution in [0.4, 0.5) is 15.8 Å². The molecule has 0 bridgehead atoms. The Kier molecular flexibility index (Phi) is 5.01. The third-order valence-corrected chi connectivity index (χ3v) is 3.48. The molecule has 5 nitrogen and oxygen atoms in total. The summed E-state index contributed by atoms with van der Waals surface area (Å²) >= 11 is 0. The molecule has 21 heavy (non-hydrogen) atoms. The van der Waals surface area contributed by atoms with Crippen LogP contribution in [0, 0.1) is 5.82 Å². The molecule has 0 aliphatic carbocycles. The maximum atomic E-state index is 14.0. The molecule has 1 aromatic carbocycles. The standard InChI is InChI=1S/C15H21FN2O3/c1-3-20-15(19)11-7-14(12(16)8-13(11)17)18-10-4-5-21-9(2)6-10/h7-10,18H,3-6,17H2,1-2H3. The number of carbonyl (C=O) groups is 1. The number of hydrogen-bond acceptors (Lipinski definition) is 5. The molecule has 1 fully saturated rings. The van der Waals surface area contributed by atoms with Gasteiger partial charge < -0.3 is 20.5 Å². The molecule has 3 N–H and O–H groups in total. The number of halogens is 1. The monoisotopic (exact) mass is 296 g/mol. The highest BCUT2D eigenvalue weighted by Crippen LogP contribution is 2.26. The summed E-state index contributed by atoms with van der Waals surface area (Å²) in [5.74, 6) is -1.02. The fourth-order valence-electron chi connectivity index (χ4n) is 2.43. The zero-order chi connectivity index (χ0) is 15.4. The van der Waals surface area contributed by atoms with Gasteiger partial charge in [0.1, 0.15) is 5.82 Å². The van der Waals surface area contributed by atoms with Crippen molar-refractivity contribution >= 4 is 17.3 Å². The van der Waals surface area contributed by atoms with Crippen molar-refractivity contribution in [2.24, 2.45) is 0 Å². The van der Waals surface area contributed by atoms with Crippen molar-refractivity contribution in [3.05, 3.63) is 23.5 Å². The van der Waals surface area contributed by atoms with Gasteiger partial charge >= 0.3 is 5.97 Å². The van der Waals surface area contributed by atoms with Gasteiger partial charge in [-0.25, -0.2) is 9.18 Å². The summed E-state index contributed by atoms with van der Waals surface area (Å²) in [6.45, 7) is 4.58. The van der Waals surface area contributed by atoms with E-state index in [1.165, 1.54) is 6.07 Å². The van der Waals surface area contributed by atoms with Crippen LogP contribution in [0.5, 0.6) is 0 Å². The average Bonchev–Trinajstić information content (AvgIpc) is 2.42. The van der Waals surface area contributed by atoms with Gasteiger partial charge in [0.25, 0.3) is 0 Å². The van der Waals surface area contributed by atoms with E-state index in [4.69, 9.17) is 15.2 Å². The second-order valence-electron chi connectivity index (χ2n) is 5.19. The minimum Gasteiger partial charge on any atom is -0.462 e. The number of nitrogens with two attached hydrogens (primary N) is 1. The van der Waals surface area contributed by atoms with Crippen LogP contribution in [-0.2, 0) is 9.47 Å². The van der Waals surface area contributed by atoms with Crippen molar-refractivity contribution in [3.63, 3.8) is 0 Å². The van der Waals surface area contributed by atoms with Crippen molar-refractivity contribution in [2.75, 3.05) is 24.3 Å². The maximum absolute atomic E-state index is 14.0. The largest absolute Gasteiger partial charge is 0.462 e. The van der Waals surface area contributed by atoms with Gasteiger partial charge in [0.2, 0.25) is 0 Å². The van der Waals surface area contributed by atoms with Gasteiger partial charge in [-0.15, -0.1) is 0 Å². The van der Waals surface area contributed by atoms with Crippen LogP contribution in [0.2, 0.25) is 0 Å². The first-order chi connectivity index (χ1) is 10.0. The van der Waals surface area contributed by atoms with E-state index in [-0.39, 0.29) is 35.7 Å². The van der Waals surface area contributed by atoms with Crippen molar-refractivity contribution in [2.45, 2.75) is 38.8 Å². The zero-order valence-electron chi connectivity index (χ0n) is 12.3. The topological polar surface area (TPSA) is 73.6 Å². The number of esters is 1. The molecule has 0 radical (unpaired) electrons. The first-order valence-corrected chi connectivity index (χ1v) is 7.15. The molecular formula is C15H21FN2O3. The van der Waals surface area contributed by atoms with E-state index < -0.39 is 11.8 Å². The number of hydrogen-bond donors (Lipinski definition) is 2. The second kappa shape index (κ2) is 6.76. The van der Waals surface area contributed by atoms with E-state index in [0.717, 1.165) is 18.9 Å². The predicted molar refractivity (Wildman–Crippen MR) is 78.8 cm³/mol. The Morgan fingerprint density at radius 3 is 3.00 bits per heavy atom. The summed E-state index contributed by atoms with van der Waals surface area (Å²) < 4.78 is 24.4. The Hall–Kier alpha value is -1.82. The smallest absolute Gasteiger partial charge is 0.340 e. The second-order valence-corrected chi connectivity index (χ2v) is 5.19. The van der Waals surface area contributed by atoms with Crippen molar-refractivity contribution in [3.8, 4) is 0 Å². The molecule has 1 aliphatic heterocycles. The number of anilines is 2.